The molecule has 1 amide bonds. The second-order valence-electron chi connectivity index (χ2n) is 7.79. The van der Waals surface area contributed by atoms with E-state index < -0.39 is 0 Å². The lowest BCUT2D eigenvalue weighted by Gasteiger charge is -2.35. The number of thioether (sulfide) groups is 1. The molecule has 0 radical (unpaired) electrons. The van der Waals surface area contributed by atoms with Gasteiger partial charge in [-0.15, -0.1) is 11.8 Å². The van der Waals surface area contributed by atoms with Crippen molar-refractivity contribution in [1.82, 2.24) is 19.5 Å². The number of carbonyl (C=O) groups excluding carboxylic acids is 1. The van der Waals surface area contributed by atoms with Crippen LogP contribution in [0, 0.1) is 5.82 Å². The number of anilines is 1. The molecule has 1 fully saturated rings. The minimum absolute atomic E-state index is 0.122. The first-order chi connectivity index (χ1) is 14.7. The van der Waals surface area contributed by atoms with Crippen molar-refractivity contribution in [1.29, 1.82) is 0 Å². The van der Waals surface area contributed by atoms with E-state index in [2.05, 4.69) is 4.90 Å². The molecule has 2 aliphatic rings. The highest BCUT2D eigenvalue weighted by molar-refractivity contribution is 8.00. The SMILES string of the molecule is O=C(CSc1ccc(F)cc1)N1CCN(c2nccn3nc4c(c23)CCCC4)CC1. The Morgan fingerprint density at radius 2 is 1.83 bits per heavy atom. The fourth-order valence-electron chi connectivity index (χ4n) is 4.31. The third-order valence-corrected chi connectivity index (χ3v) is 6.90. The van der Waals surface area contributed by atoms with E-state index in [1.54, 1.807) is 12.1 Å². The van der Waals surface area contributed by atoms with Gasteiger partial charge in [0.25, 0.3) is 0 Å². The molecule has 6 nitrogen and oxygen atoms in total. The highest BCUT2D eigenvalue weighted by atomic mass is 32.2. The van der Waals surface area contributed by atoms with Crippen molar-refractivity contribution in [2.45, 2.75) is 30.6 Å². The van der Waals surface area contributed by atoms with Crippen LogP contribution in [0.1, 0.15) is 24.1 Å². The summed E-state index contributed by atoms with van der Waals surface area (Å²) in [5.74, 6) is 1.22. The zero-order valence-corrected chi connectivity index (χ0v) is 17.6. The minimum Gasteiger partial charge on any atom is -0.351 e. The highest BCUT2D eigenvalue weighted by Gasteiger charge is 2.26. The van der Waals surface area contributed by atoms with Gasteiger partial charge >= 0.3 is 0 Å². The molecule has 2 aromatic heterocycles. The molecule has 0 unspecified atom stereocenters. The number of piperazine rings is 1. The molecule has 3 heterocycles. The summed E-state index contributed by atoms with van der Waals surface area (Å²) in [6, 6.07) is 6.27. The molecule has 0 atom stereocenters. The van der Waals surface area contributed by atoms with Crippen LogP contribution in [0.25, 0.3) is 5.52 Å². The van der Waals surface area contributed by atoms with Crippen LogP contribution in [0.3, 0.4) is 0 Å². The summed E-state index contributed by atoms with van der Waals surface area (Å²) >= 11 is 1.45. The number of rotatable bonds is 4. The third kappa shape index (κ3) is 3.76. The number of benzene rings is 1. The zero-order chi connectivity index (χ0) is 20.5. The molecule has 1 aliphatic heterocycles. The molecule has 1 aromatic carbocycles. The van der Waals surface area contributed by atoms with E-state index in [1.807, 2.05) is 21.8 Å². The fourth-order valence-corrected chi connectivity index (χ4v) is 5.11. The van der Waals surface area contributed by atoms with Crippen molar-refractivity contribution in [3.05, 3.63) is 53.7 Å². The number of halogens is 1. The fraction of sp³-hybridized carbons (Fsp3) is 0.409. The van der Waals surface area contributed by atoms with Crippen LogP contribution in [-0.2, 0) is 17.6 Å². The molecule has 0 saturated carbocycles. The lowest BCUT2D eigenvalue weighted by molar-refractivity contribution is -0.128. The standard InChI is InChI=1S/C22H24FN5OS/c23-16-5-7-17(8-6-16)30-15-20(29)26-11-13-27(14-12-26)22-21-18-3-1-2-4-19(18)25-28(21)10-9-24-22/h5-10H,1-4,11-15H2. The summed E-state index contributed by atoms with van der Waals surface area (Å²) in [4.78, 5) is 22.4. The molecule has 30 heavy (non-hydrogen) atoms. The maximum atomic E-state index is 13.0. The average Bonchev–Trinajstić information content (AvgIpc) is 3.17. The topological polar surface area (TPSA) is 53.7 Å². The van der Waals surface area contributed by atoms with Crippen molar-refractivity contribution in [3.8, 4) is 0 Å². The Kier molecular flexibility index (Phi) is 5.33. The number of aromatic nitrogens is 3. The van der Waals surface area contributed by atoms with E-state index in [-0.39, 0.29) is 11.7 Å². The summed E-state index contributed by atoms with van der Waals surface area (Å²) in [6.45, 7) is 2.89. The quantitative estimate of drug-likeness (QED) is 0.601. The summed E-state index contributed by atoms with van der Waals surface area (Å²) in [5, 5.41) is 4.77. The predicted molar refractivity (Wildman–Crippen MR) is 116 cm³/mol. The monoisotopic (exact) mass is 425 g/mol. The molecule has 0 N–H and O–H groups in total. The predicted octanol–water partition coefficient (Wildman–Crippen LogP) is 3.19. The van der Waals surface area contributed by atoms with Gasteiger partial charge in [0, 0.05) is 49.0 Å². The summed E-state index contributed by atoms with van der Waals surface area (Å²) < 4.78 is 15.0. The Balaban J connectivity index is 1.24. The Morgan fingerprint density at radius 1 is 1.07 bits per heavy atom. The second-order valence-corrected chi connectivity index (χ2v) is 8.84. The second kappa shape index (κ2) is 8.26. The van der Waals surface area contributed by atoms with Crippen LogP contribution in [0.4, 0.5) is 10.2 Å². The van der Waals surface area contributed by atoms with E-state index in [4.69, 9.17) is 10.1 Å². The normalized spacial score (nSPS) is 16.7. The van der Waals surface area contributed by atoms with Gasteiger partial charge < -0.3 is 9.80 Å². The van der Waals surface area contributed by atoms with Crippen molar-refractivity contribution < 1.29 is 9.18 Å². The number of carbonyl (C=O) groups is 1. The van der Waals surface area contributed by atoms with E-state index in [9.17, 15) is 9.18 Å². The lowest BCUT2D eigenvalue weighted by atomic mass is 9.97. The molecule has 1 saturated heterocycles. The van der Waals surface area contributed by atoms with Crippen molar-refractivity contribution in [3.63, 3.8) is 0 Å². The van der Waals surface area contributed by atoms with E-state index >= 15 is 0 Å². The van der Waals surface area contributed by atoms with Crippen LogP contribution in [0.2, 0.25) is 0 Å². The van der Waals surface area contributed by atoms with E-state index in [0.717, 1.165) is 42.2 Å². The molecule has 5 rings (SSSR count). The first kappa shape index (κ1) is 19.4. The molecule has 8 heteroatoms. The molecule has 0 spiro atoms. The van der Waals surface area contributed by atoms with E-state index in [0.29, 0.717) is 18.8 Å². The largest absolute Gasteiger partial charge is 0.351 e. The van der Waals surface area contributed by atoms with Gasteiger partial charge in [0.1, 0.15) is 11.3 Å². The zero-order valence-electron chi connectivity index (χ0n) is 16.8. The molecule has 1 aliphatic carbocycles. The van der Waals surface area contributed by atoms with Crippen molar-refractivity contribution >= 4 is 29.0 Å². The first-order valence-electron chi connectivity index (χ1n) is 10.5. The molecular weight excluding hydrogens is 401 g/mol. The Hall–Kier alpha value is -2.61. The average molecular weight is 426 g/mol. The Labute approximate surface area is 179 Å². The summed E-state index contributed by atoms with van der Waals surface area (Å²) in [5.41, 5.74) is 3.69. The van der Waals surface area contributed by atoms with Gasteiger partial charge in [-0.2, -0.15) is 5.10 Å². The minimum atomic E-state index is -0.259. The molecule has 156 valence electrons. The van der Waals surface area contributed by atoms with Gasteiger partial charge in [-0.05, 0) is 49.9 Å². The van der Waals surface area contributed by atoms with Gasteiger partial charge in [-0.25, -0.2) is 13.9 Å². The number of hydrogen-bond acceptors (Lipinski definition) is 5. The smallest absolute Gasteiger partial charge is 0.233 e. The number of amides is 1. The van der Waals surface area contributed by atoms with Crippen LogP contribution >= 0.6 is 11.8 Å². The lowest BCUT2D eigenvalue weighted by Crippen LogP contribution is -2.49. The van der Waals surface area contributed by atoms with Gasteiger partial charge in [0.15, 0.2) is 5.82 Å². The van der Waals surface area contributed by atoms with Gasteiger partial charge in [-0.1, -0.05) is 0 Å². The number of nitrogens with zero attached hydrogens (tertiary/aromatic N) is 5. The number of aryl methyl sites for hydroxylation is 2. The first-order valence-corrected chi connectivity index (χ1v) is 11.4. The van der Waals surface area contributed by atoms with Gasteiger partial charge in [0.2, 0.25) is 5.91 Å². The van der Waals surface area contributed by atoms with Gasteiger partial charge in [0.05, 0.1) is 11.4 Å². The Morgan fingerprint density at radius 3 is 2.63 bits per heavy atom. The van der Waals surface area contributed by atoms with Crippen LogP contribution in [0.15, 0.2) is 41.6 Å². The third-order valence-electron chi connectivity index (χ3n) is 5.91. The molecule has 0 bridgehead atoms. The summed E-state index contributed by atoms with van der Waals surface area (Å²) in [6.07, 6.45) is 8.27. The van der Waals surface area contributed by atoms with Gasteiger partial charge in [-0.3, -0.25) is 4.79 Å². The van der Waals surface area contributed by atoms with E-state index in [1.165, 1.54) is 48.0 Å². The highest BCUT2D eigenvalue weighted by Crippen LogP contribution is 2.30. The maximum Gasteiger partial charge on any atom is 0.233 e. The van der Waals surface area contributed by atoms with Crippen molar-refractivity contribution in [2.24, 2.45) is 0 Å². The summed E-state index contributed by atoms with van der Waals surface area (Å²) in [7, 11) is 0. The number of fused-ring (bicyclic) bond motifs is 3. The van der Waals surface area contributed by atoms with Crippen LogP contribution in [0.5, 0.6) is 0 Å². The number of hydrogen-bond donors (Lipinski definition) is 0. The van der Waals surface area contributed by atoms with Crippen LogP contribution in [-0.4, -0.2) is 57.3 Å². The molecular formula is C22H24FN5OS. The van der Waals surface area contributed by atoms with Crippen LogP contribution < -0.4 is 4.90 Å². The molecule has 3 aromatic rings. The Bertz CT molecular complexity index is 1060. The maximum absolute atomic E-state index is 13.0. The van der Waals surface area contributed by atoms with Crippen molar-refractivity contribution in [2.75, 3.05) is 36.8 Å².